The third-order valence-corrected chi connectivity index (χ3v) is 4.29. The molecule has 1 heterocycles. The maximum atomic E-state index is 13.8. The van der Waals surface area contributed by atoms with E-state index in [4.69, 9.17) is 9.47 Å². The molecule has 1 aliphatic heterocycles. The fourth-order valence-electron chi connectivity index (χ4n) is 2.71. The lowest BCUT2D eigenvalue weighted by molar-refractivity contribution is -0.124. The molecule has 0 aromatic heterocycles. The van der Waals surface area contributed by atoms with Crippen LogP contribution in [0, 0.1) is 11.7 Å². The number of benzene rings is 2. The quantitative estimate of drug-likeness (QED) is 0.663. The number of rotatable bonds is 5. The number of nitrogens with one attached hydrogen (secondary N) is 3. The van der Waals surface area contributed by atoms with Gasteiger partial charge in [0.05, 0.1) is 5.56 Å². The summed E-state index contributed by atoms with van der Waals surface area (Å²) in [6.45, 7) is 3.51. The molecule has 0 aliphatic carbocycles. The molecule has 0 fully saturated rings. The number of hydrogen-bond donors (Lipinski definition) is 3. The Bertz CT molecular complexity index is 947. The Balaban J connectivity index is 1.61. The Kier molecular flexibility index (Phi) is 5.96. The zero-order valence-corrected chi connectivity index (χ0v) is 15.8. The largest absolute Gasteiger partial charge is 0.454 e. The first-order valence-electron chi connectivity index (χ1n) is 8.92. The van der Waals surface area contributed by atoms with E-state index in [0.29, 0.717) is 11.5 Å². The first kappa shape index (κ1) is 20.1. The highest BCUT2D eigenvalue weighted by atomic mass is 19.1. The number of carbonyl (C=O) groups excluding carboxylic acids is 3. The van der Waals surface area contributed by atoms with Crippen molar-refractivity contribution >= 4 is 17.7 Å². The second kappa shape index (κ2) is 8.59. The standard InChI is InChI=1S/C20H20FN3O5/c1-11(2)17(22-19(26)13-5-3-4-6-14(13)21)20(27)24-23-18(25)12-7-8-15-16(9-12)29-10-28-15/h3-9,11,17H,10H2,1-2H3,(H,22,26)(H,23,25)(H,24,27)/t17-/m0/s1. The van der Waals surface area contributed by atoms with Gasteiger partial charge in [0, 0.05) is 5.56 Å². The average Bonchev–Trinajstić information content (AvgIpc) is 3.17. The summed E-state index contributed by atoms with van der Waals surface area (Å²) in [7, 11) is 0. The molecular formula is C20H20FN3O5. The summed E-state index contributed by atoms with van der Waals surface area (Å²) < 4.78 is 24.2. The first-order chi connectivity index (χ1) is 13.9. The van der Waals surface area contributed by atoms with Gasteiger partial charge in [-0.1, -0.05) is 26.0 Å². The molecule has 8 nitrogen and oxygen atoms in total. The van der Waals surface area contributed by atoms with Crippen LogP contribution in [0.25, 0.3) is 0 Å². The fourth-order valence-corrected chi connectivity index (χ4v) is 2.71. The molecule has 2 aromatic carbocycles. The van der Waals surface area contributed by atoms with Crippen LogP contribution in [0.5, 0.6) is 11.5 Å². The van der Waals surface area contributed by atoms with Gasteiger partial charge in [-0.3, -0.25) is 25.2 Å². The van der Waals surface area contributed by atoms with Gasteiger partial charge in [0.2, 0.25) is 6.79 Å². The normalized spacial score (nSPS) is 13.0. The Labute approximate surface area is 166 Å². The molecule has 3 rings (SSSR count). The monoisotopic (exact) mass is 401 g/mol. The number of hydrazine groups is 1. The lowest BCUT2D eigenvalue weighted by atomic mass is 10.0. The Hall–Kier alpha value is -3.62. The minimum atomic E-state index is -0.987. The van der Waals surface area contributed by atoms with E-state index in [0.717, 1.165) is 6.07 Å². The molecule has 0 unspecified atom stereocenters. The second-order valence-electron chi connectivity index (χ2n) is 6.69. The third-order valence-electron chi connectivity index (χ3n) is 4.29. The molecule has 0 saturated carbocycles. The number of amides is 3. The Morgan fingerprint density at radius 2 is 1.69 bits per heavy atom. The molecule has 0 bridgehead atoms. The van der Waals surface area contributed by atoms with Crippen molar-refractivity contribution in [2.75, 3.05) is 6.79 Å². The van der Waals surface area contributed by atoms with E-state index >= 15 is 0 Å². The molecule has 29 heavy (non-hydrogen) atoms. The van der Waals surface area contributed by atoms with E-state index < -0.39 is 29.6 Å². The second-order valence-corrected chi connectivity index (χ2v) is 6.69. The van der Waals surface area contributed by atoms with Crippen molar-refractivity contribution in [2.24, 2.45) is 5.92 Å². The predicted octanol–water partition coefficient (Wildman–Crippen LogP) is 1.77. The van der Waals surface area contributed by atoms with Crippen LogP contribution in [0.15, 0.2) is 42.5 Å². The highest BCUT2D eigenvalue weighted by Crippen LogP contribution is 2.32. The van der Waals surface area contributed by atoms with Crippen molar-refractivity contribution in [1.82, 2.24) is 16.2 Å². The highest BCUT2D eigenvalue weighted by Gasteiger charge is 2.26. The van der Waals surface area contributed by atoms with Crippen molar-refractivity contribution in [3.8, 4) is 11.5 Å². The van der Waals surface area contributed by atoms with Gasteiger partial charge in [-0.05, 0) is 36.2 Å². The minimum absolute atomic E-state index is 0.0783. The maximum absolute atomic E-state index is 13.8. The zero-order chi connectivity index (χ0) is 21.0. The summed E-state index contributed by atoms with van der Waals surface area (Å²) in [4.78, 5) is 37.1. The van der Waals surface area contributed by atoms with Crippen molar-refractivity contribution in [3.05, 3.63) is 59.4 Å². The van der Waals surface area contributed by atoms with Gasteiger partial charge in [-0.25, -0.2) is 4.39 Å². The molecule has 0 saturated heterocycles. The SMILES string of the molecule is CC(C)[C@H](NC(=O)c1ccccc1F)C(=O)NNC(=O)c1ccc2c(c1)OCO2. The number of hydrogen-bond acceptors (Lipinski definition) is 5. The molecule has 0 spiro atoms. The van der Waals surface area contributed by atoms with Gasteiger partial charge >= 0.3 is 0 Å². The molecule has 1 aliphatic rings. The van der Waals surface area contributed by atoms with E-state index in [1.165, 1.54) is 30.3 Å². The van der Waals surface area contributed by atoms with Crippen LogP contribution < -0.4 is 25.6 Å². The summed E-state index contributed by atoms with van der Waals surface area (Å²) in [5, 5.41) is 2.49. The first-order valence-corrected chi connectivity index (χ1v) is 8.92. The van der Waals surface area contributed by atoms with Crippen LogP contribution in [0.3, 0.4) is 0 Å². The molecule has 9 heteroatoms. The molecule has 1 atom stereocenters. The highest BCUT2D eigenvalue weighted by molar-refractivity contribution is 5.99. The van der Waals surface area contributed by atoms with Gasteiger partial charge in [-0.15, -0.1) is 0 Å². The van der Waals surface area contributed by atoms with Crippen LogP contribution >= 0.6 is 0 Å². The molecular weight excluding hydrogens is 381 g/mol. The number of fused-ring (bicyclic) bond motifs is 1. The van der Waals surface area contributed by atoms with E-state index in [1.54, 1.807) is 19.9 Å². The summed E-state index contributed by atoms with van der Waals surface area (Å²) in [6.07, 6.45) is 0. The van der Waals surface area contributed by atoms with Gasteiger partial charge in [-0.2, -0.15) is 0 Å². The Morgan fingerprint density at radius 3 is 2.41 bits per heavy atom. The van der Waals surface area contributed by atoms with Gasteiger partial charge in [0.15, 0.2) is 11.5 Å². The molecule has 3 N–H and O–H groups in total. The minimum Gasteiger partial charge on any atom is -0.454 e. The molecule has 3 amide bonds. The number of halogens is 1. The van der Waals surface area contributed by atoms with Crippen LogP contribution in [-0.4, -0.2) is 30.6 Å². The summed E-state index contributed by atoms with van der Waals surface area (Å²) in [6, 6.07) is 9.08. The zero-order valence-electron chi connectivity index (χ0n) is 15.8. The van der Waals surface area contributed by atoms with E-state index in [1.807, 2.05) is 0 Å². The summed E-state index contributed by atoms with van der Waals surface area (Å²) in [5.74, 6) is -1.97. The smallest absolute Gasteiger partial charge is 0.269 e. The van der Waals surface area contributed by atoms with Crippen LogP contribution in [-0.2, 0) is 4.79 Å². The lowest BCUT2D eigenvalue weighted by Crippen LogP contribution is -2.54. The van der Waals surface area contributed by atoms with E-state index in [9.17, 15) is 18.8 Å². The van der Waals surface area contributed by atoms with Gasteiger partial charge in [0.1, 0.15) is 11.9 Å². The third kappa shape index (κ3) is 4.63. The maximum Gasteiger partial charge on any atom is 0.269 e. The van der Waals surface area contributed by atoms with Crippen LogP contribution in [0.2, 0.25) is 0 Å². The lowest BCUT2D eigenvalue weighted by Gasteiger charge is -2.22. The fraction of sp³-hybridized carbons (Fsp3) is 0.250. The van der Waals surface area contributed by atoms with Gasteiger partial charge < -0.3 is 14.8 Å². The average molecular weight is 401 g/mol. The number of ether oxygens (including phenoxy) is 2. The predicted molar refractivity (Wildman–Crippen MR) is 101 cm³/mol. The van der Waals surface area contributed by atoms with E-state index in [2.05, 4.69) is 16.2 Å². The van der Waals surface area contributed by atoms with Crippen LogP contribution in [0.4, 0.5) is 4.39 Å². The van der Waals surface area contributed by atoms with Crippen molar-refractivity contribution in [3.63, 3.8) is 0 Å². The summed E-state index contributed by atoms with van der Waals surface area (Å²) >= 11 is 0. The topological polar surface area (TPSA) is 106 Å². The van der Waals surface area contributed by atoms with Crippen molar-refractivity contribution in [1.29, 1.82) is 0 Å². The molecule has 0 radical (unpaired) electrons. The van der Waals surface area contributed by atoms with Crippen LogP contribution in [0.1, 0.15) is 34.6 Å². The Morgan fingerprint density at radius 1 is 0.966 bits per heavy atom. The van der Waals surface area contributed by atoms with Crippen molar-refractivity contribution in [2.45, 2.75) is 19.9 Å². The summed E-state index contributed by atoms with van der Waals surface area (Å²) in [5.41, 5.74) is 4.66. The molecule has 152 valence electrons. The van der Waals surface area contributed by atoms with Gasteiger partial charge in [0.25, 0.3) is 17.7 Å². The van der Waals surface area contributed by atoms with E-state index in [-0.39, 0.29) is 23.8 Å². The van der Waals surface area contributed by atoms with Crippen molar-refractivity contribution < 1.29 is 28.2 Å². The molecule has 2 aromatic rings. The number of carbonyl (C=O) groups is 3.